The zero-order valence-corrected chi connectivity index (χ0v) is 23.9. The highest BCUT2D eigenvalue weighted by molar-refractivity contribution is 6.22. The van der Waals surface area contributed by atoms with E-state index in [0.717, 1.165) is 53.2 Å². The molecule has 7 rings (SSSR count). The van der Waals surface area contributed by atoms with Crippen LogP contribution in [-0.2, 0) is 9.53 Å². The largest absolute Gasteiger partial charge is 0.480 e. The zero-order chi connectivity index (χ0) is 29.5. The summed E-state index contributed by atoms with van der Waals surface area (Å²) >= 11 is 0. The van der Waals surface area contributed by atoms with Crippen molar-refractivity contribution in [2.24, 2.45) is 5.92 Å². The monoisotopic (exact) mass is 580 g/mol. The number of carbonyl (C=O) groups is 3. The SMILES string of the molecule is COc1nc2ccccc2cc1-c1cnc(C2CN(CC3CCOC3)CCN2C(=O)CN2C(=O)c3ccccc3C2=O)[nH]1. The summed E-state index contributed by atoms with van der Waals surface area (Å²) in [6.07, 6.45) is 2.75. The van der Waals surface area contributed by atoms with Crippen molar-refractivity contribution in [2.45, 2.75) is 12.5 Å². The first-order valence-corrected chi connectivity index (χ1v) is 14.5. The van der Waals surface area contributed by atoms with Gasteiger partial charge >= 0.3 is 0 Å². The summed E-state index contributed by atoms with van der Waals surface area (Å²) in [6, 6.07) is 16.1. The number of benzene rings is 2. The van der Waals surface area contributed by atoms with Gasteiger partial charge in [0.05, 0.1) is 47.8 Å². The number of nitrogens with one attached hydrogen (secondary N) is 1. The van der Waals surface area contributed by atoms with Crippen LogP contribution in [0.15, 0.2) is 60.8 Å². The Morgan fingerprint density at radius 1 is 1.05 bits per heavy atom. The fraction of sp³-hybridized carbons (Fsp3) is 0.344. The van der Waals surface area contributed by atoms with E-state index in [4.69, 9.17) is 14.5 Å². The number of hydrogen-bond acceptors (Lipinski definition) is 8. The maximum atomic E-state index is 13.8. The topological polar surface area (TPSA) is 121 Å². The van der Waals surface area contributed by atoms with Crippen LogP contribution in [0.5, 0.6) is 5.88 Å². The van der Waals surface area contributed by atoms with Crippen LogP contribution < -0.4 is 4.74 Å². The molecule has 2 aromatic heterocycles. The molecule has 11 nitrogen and oxygen atoms in total. The molecule has 2 saturated heterocycles. The van der Waals surface area contributed by atoms with E-state index >= 15 is 0 Å². The lowest BCUT2D eigenvalue weighted by Gasteiger charge is -2.41. The zero-order valence-electron chi connectivity index (χ0n) is 23.9. The van der Waals surface area contributed by atoms with Gasteiger partial charge in [-0.25, -0.2) is 9.97 Å². The molecule has 0 spiro atoms. The van der Waals surface area contributed by atoms with Gasteiger partial charge in [0.25, 0.3) is 11.8 Å². The summed E-state index contributed by atoms with van der Waals surface area (Å²) in [5.41, 5.74) is 2.97. The summed E-state index contributed by atoms with van der Waals surface area (Å²) in [4.78, 5) is 57.8. The van der Waals surface area contributed by atoms with Gasteiger partial charge in [-0.2, -0.15) is 0 Å². The highest BCUT2D eigenvalue weighted by Gasteiger charge is 2.40. The number of aromatic nitrogens is 3. The molecule has 11 heteroatoms. The number of H-pyrrole nitrogens is 1. The molecule has 2 fully saturated rings. The Labute approximate surface area is 248 Å². The minimum atomic E-state index is -0.443. The first kappa shape index (κ1) is 27.2. The smallest absolute Gasteiger partial charge is 0.262 e. The third kappa shape index (κ3) is 5.04. The highest BCUT2D eigenvalue weighted by Crippen LogP contribution is 2.33. The van der Waals surface area contributed by atoms with Gasteiger partial charge in [-0.1, -0.05) is 30.3 Å². The molecule has 5 heterocycles. The number of para-hydroxylation sites is 1. The van der Waals surface area contributed by atoms with Crippen molar-refractivity contribution < 1.29 is 23.9 Å². The lowest BCUT2D eigenvalue weighted by Crippen LogP contribution is -2.54. The number of imide groups is 1. The molecule has 2 atom stereocenters. The Balaban J connectivity index is 1.17. The lowest BCUT2D eigenvalue weighted by molar-refractivity contribution is -0.137. The van der Waals surface area contributed by atoms with Gasteiger partial charge in [0.1, 0.15) is 18.4 Å². The van der Waals surface area contributed by atoms with Gasteiger partial charge in [-0.05, 0) is 36.6 Å². The molecule has 0 aliphatic carbocycles. The quantitative estimate of drug-likeness (QED) is 0.331. The van der Waals surface area contributed by atoms with E-state index in [0.29, 0.717) is 48.4 Å². The number of hydrogen-bond donors (Lipinski definition) is 1. The number of piperazine rings is 1. The third-order valence-corrected chi connectivity index (χ3v) is 8.58. The van der Waals surface area contributed by atoms with E-state index in [9.17, 15) is 14.4 Å². The van der Waals surface area contributed by atoms with Gasteiger partial charge in [0.15, 0.2) is 0 Å². The third-order valence-electron chi connectivity index (χ3n) is 8.58. The predicted octanol–water partition coefficient (Wildman–Crippen LogP) is 3.15. The summed E-state index contributed by atoms with van der Waals surface area (Å²) in [5, 5.41) is 0.967. The molecule has 0 radical (unpaired) electrons. The van der Waals surface area contributed by atoms with Crippen molar-refractivity contribution in [3.05, 3.63) is 77.7 Å². The predicted molar refractivity (Wildman–Crippen MR) is 158 cm³/mol. The number of aromatic amines is 1. The van der Waals surface area contributed by atoms with Gasteiger partial charge in [-0.15, -0.1) is 0 Å². The molecule has 0 saturated carbocycles. The van der Waals surface area contributed by atoms with Crippen LogP contribution >= 0.6 is 0 Å². The van der Waals surface area contributed by atoms with Gasteiger partial charge in [-0.3, -0.25) is 24.2 Å². The van der Waals surface area contributed by atoms with E-state index in [2.05, 4.69) is 14.9 Å². The second kappa shape index (κ2) is 11.2. The minimum absolute atomic E-state index is 0.300. The summed E-state index contributed by atoms with van der Waals surface area (Å²) in [5.74, 6) is 0.350. The van der Waals surface area contributed by atoms with E-state index in [1.54, 1.807) is 42.5 Å². The van der Waals surface area contributed by atoms with Crippen LogP contribution in [0.3, 0.4) is 0 Å². The molecular formula is C32H32N6O5. The number of fused-ring (bicyclic) bond motifs is 2. The van der Waals surface area contributed by atoms with E-state index in [1.165, 1.54) is 0 Å². The van der Waals surface area contributed by atoms with Crippen molar-refractivity contribution in [3.63, 3.8) is 0 Å². The van der Waals surface area contributed by atoms with Crippen LogP contribution in [0, 0.1) is 5.92 Å². The Kier molecular flexibility index (Phi) is 7.12. The Hall–Kier alpha value is -4.61. The summed E-state index contributed by atoms with van der Waals surface area (Å²) < 4.78 is 11.2. The van der Waals surface area contributed by atoms with Crippen molar-refractivity contribution in [2.75, 3.05) is 53.0 Å². The number of methoxy groups -OCH3 is 1. The maximum absolute atomic E-state index is 13.8. The maximum Gasteiger partial charge on any atom is 0.262 e. The number of rotatable bonds is 7. The average molecular weight is 581 g/mol. The van der Waals surface area contributed by atoms with Gasteiger partial charge in [0, 0.05) is 38.2 Å². The molecule has 3 aliphatic heterocycles. The van der Waals surface area contributed by atoms with E-state index in [-0.39, 0.29) is 12.5 Å². The van der Waals surface area contributed by atoms with Crippen LogP contribution in [-0.4, -0.2) is 100 Å². The summed E-state index contributed by atoms with van der Waals surface area (Å²) in [7, 11) is 1.59. The van der Waals surface area contributed by atoms with Gasteiger partial charge in [0.2, 0.25) is 11.8 Å². The second-order valence-electron chi connectivity index (χ2n) is 11.3. The van der Waals surface area contributed by atoms with Crippen LogP contribution in [0.4, 0.5) is 0 Å². The highest BCUT2D eigenvalue weighted by atomic mass is 16.5. The number of ether oxygens (including phenoxy) is 2. The molecule has 4 aromatic rings. The Bertz CT molecular complexity index is 1680. The molecule has 0 bridgehead atoms. The van der Waals surface area contributed by atoms with Crippen molar-refractivity contribution in [1.82, 2.24) is 29.7 Å². The Morgan fingerprint density at radius 3 is 2.56 bits per heavy atom. The summed E-state index contributed by atoms with van der Waals surface area (Å²) in [6.45, 7) is 3.74. The van der Waals surface area contributed by atoms with Crippen molar-refractivity contribution >= 4 is 28.6 Å². The second-order valence-corrected chi connectivity index (χ2v) is 11.3. The fourth-order valence-electron chi connectivity index (χ4n) is 6.33. The Morgan fingerprint density at radius 2 is 1.81 bits per heavy atom. The van der Waals surface area contributed by atoms with Crippen molar-refractivity contribution in [3.8, 4) is 17.1 Å². The van der Waals surface area contributed by atoms with Crippen LogP contribution in [0.2, 0.25) is 0 Å². The normalized spacial score (nSPS) is 20.7. The molecular weight excluding hydrogens is 548 g/mol. The molecule has 2 aromatic carbocycles. The number of pyridine rings is 1. The van der Waals surface area contributed by atoms with Crippen LogP contribution in [0.25, 0.3) is 22.2 Å². The van der Waals surface area contributed by atoms with E-state index in [1.807, 2.05) is 30.3 Å². The molecule has 1 N–H and O–H groups in total. The number of imidazole rings is 1. The molecule has 3 amide bonds. The number of nitrogens with zero attached hydrogens (tertiary/aromatic N) is 5. The van der Waals surface area contributed by atoms with Crippen LogP contribution in [0.1, 0.15) is 39.0 Å². The fourth-order valence-corrected chi connectivity index (χ4v) is 6.33. The lowest BCUT2D eigenvalue weighted by atomic mass is 10.1. The molecule has 3 aliphatic rings. The molecule has 220 valence electrons. The standard InChI is InChI=1S/C32H32N6O5/c1-42-30-24(14-21-6-2-5-9-25(21)35-30)26-15-33-29(34-26)27-17-36(16-20-10-13-43-19-20)11-12-37(27)28(39)18-38-31(40)22-7-3-4-8-23(22)32(38)41/h2-9,14-15,20,27H,10-13,16-19H2,1H3,(H,33,34). The molecule has 43 heavy (non-hydrogen) atoms. The first-order valence-electron chi connectivity index (χ1n) is 14.5. The molecule has 2 unspecified atom stereocenters. The average Bonchev–Trinajstić information content (AvgIpc) is 3.79. The van der Waals surface area contributed by atoms with Gasteiger partial charge < -0.3 is 19.4 Å². The first-order chi connectivity index (χ1) is 21.0. The number of amides is 3. The number of carbonyl (C=O) groups excluding carboxylic acids is 3. The minimum Gasteiger partial charge on any atom is -0.480 e. The van der Waals surface area contributed by atoms with E-state index < -0.39 is 17.9 Å². The van der Waals surface area contributed by atoms with Crippen molar-refractivity contribution in [1.29, 1.82) is 0 Å².